The summed E-state index contributed by atoms with van der Waals surface area (Å²) < 4.78 is 5.37. The lowest BCUT2D eigenvalue weighted by atomic mass is 9.87. The molecule has 0 aromatic heterocycles. The largest absolute Gasteiger partial charge is 0.381 e. The van der Waals surface area contributed by atoms with Crippen LogP contribution in [0, 0.1) is 0 Å². The number of nitrogens with zero attached hydrogens (tertiary/aromatic N) is 1. The zero-order valence-corrected chi connectivity index (χ0v) is 11.2. The van der Waals surface area contributed by atoms with Crippen molar-refractivity contribution in [2.75, 3.05) is 20.2 Å². The van der Waals surface area contributed by atoms with Gasteiger partial charge in [-0.25, -0.2) is 0 Å². The molecular formula is C15H24N2O. The molecule has 1 aromatic rings. The summed E-state index contributed by atoms with van der Waals surface area (Å²) in [7, 11) is 1.81. The topological polar surface area (TPSA) is 38.5 Å². The zero-order valence-electron chi connectivity index (χ0n) is 11.2. The number of benzene rings is 1. The molecule has 1 aliphatic rings. The van der Waals surface area contributed by atoms with Crippen LogP contribution in [0.1, 0.15) is 24.8 Å². The van der Waals surface area contributed by atoms with E-state index in [2.05, 4.69) is 35.2 Å². The van der Waals surface area contributed by atoms with Gasteiger partial charge in [0.2, 0.25) is 0 Å². The highest BCUT2D eigenvalue weighted by Crippen LogP contribution is 2.29. The highest BCUT2D eigenvalue weighted by atomic mass is 16.5. The fourth-order valence-electron chi connectivity index (χ4n) is 2.53. The Kier molecular flexibility index (Phi) is 5.17. The standard InChI is InChI=1S/C15H24N2O/c1-18-15-10-14(11-15)17(9-5-8-16)12-13-6-3-2-4-7-13/h2-4,6-7,14-15H,5,8-12,16H2,1H3. The van der Waals surface area contributed by atoms with E-state index in [4.69, 9.17) is 10.5 Å². The van der Waals surface area contributed by atoms with Gasteiger partial charge in [-0.3, -0.25) is 4.90 Å². The van der Waals surface area contributed by atoms with E-state index < -0.39 is 0 Å². The Labute approximate surface area is 110 Å². The summed E-state index contributed by atoms with van der Waals surface area (Å²) in [6.07, 6.45) is 3.86. The Morgan fingerprint density at radius 3 is 2.61 bits per heavy atom. The quantitative estimate of drug-likeness (QED) is 0.802. The molecule has 3 nitrogen and oxygen atoms in total. The lowest BCUT2D eigenvalue weighted by Gasteiger charge is -2.42. The molecule has 0 spiro atoms. The summed E-state index contributed by atoms with van der Waals surface area (Å²) in [6.45, 7) is 2.89. The van der Waals surface area contributed by atoms with E-state index in [-0.39, 0.29) is 0 Å². The van der Waals surface area contributed by atoms with Crippen LogP contribution >= 0.6 is 0 Å². The first-order chi connectivity index (χ1) is 8.83. The zero-order chi connectivity index (χ0) is 12.8. The minimum Gasteiger partial charge on any atom is -0.381 e. The molecule has 0 heterocycles. The van der Waals surface area contributed by atoms with E-state index in [1.54, 1.807) is 0 Å². The Hall–Kier alpha value is -0.900. The van der Waals surface area contributed by atoms with Crippen molar-refractivity contribution >= 4 is 0 Å². The first kappa shape index (κ1) is 13.5. The first-order valence-electron chi connectivity index (χ1n) is 6.84. The van der Waals surface area contributed by atoms with Gasteiger partial charge < -0.3 is 10.5 Å². The molecule has 0 saturated heterocycles. The van der Waals surface area contributed by atoms with Gasteiger partial charge in [0.05, 0.1) is 6.10 Å². The highest BCUT2D eigenvalue weighted by molar-refractivity contribution is 5.14. The van der Waals surface area contributed by atoms with E-state index >= 15 is 0 Å². The van der Waals surface area contributed by atoms with Gasteiger partial charge >= 0.3 is 0 Å². The number of methoxy groups -OCH3 is 1. The van der Waals surface area contributed by atoms with Crippen LogP contribution in [0.15, 0.2) is 30.3 Å². The van der Waals surface area contributed by atoms with Gasteiger partial charge in [-0.05, 0) is 37.9 Å². The summed E-state index contributed by atoms with van der Waals surface area (Å²) in [5, 5.41) is 0. The maximum Gasteiger partial charge on any atom is 0.0601 e. The van der Waals surface area contributed by atoms with Gasteiger partial charge in [0, 0.05) is 19.7 Å². The van der Waals surface area contributed by atoms with Crippen LogP contribution in [0.5, 0.6) is 0 Å². The molecule has 2 rings (SSSR count). The van der Waals surface area contributed by atoms with Crippen molar-refractivity contribution in [2.45, 2.75) is 38.0 Å². The number of hydrogen-bond acceptors (Lipinski definition) is 3. The van der Waals surface area contributed by atoms with E-state index in [1.807, 2.05) is 7.11 Å². The Morgan fingerprint density at radius 1 is 1.28 bits per heavy atom. The molecule has 1 aliphatic carbocycles. The second-order valence-corrected chi connectivity index (χ2v) is 5.08. The molecule has 18 heavy (non-hydrogen) atoms. The maximum absolute atomic E-state index is 5.63. The van der Waals surface area contributed by atoms with Crippen LogP contribution in [0.4, 0.5) is 0 Å². The molecule has 1 saturated carbocycles. The number of rotatable bonds is 7. The van der Waals surface area contributed by atoms with Crippen LogP contribution < -0.4 is 5.73 Å². The lowest BCUT2D eigenvalue weighted by Crippen LogP contribution is -2.48. The second-order valence-electron chi connectivity index (χ2n) is 5.08. The summed E-state index contributed by atoms with van der Waals surface area (Å²) in [6, 6.07) is 11.3. The molecule has 0 radical (unpaired) electrons. The molecule has 0 aliphatic heterocycles. The summed E-state index contributed by atoms with van der Waals surface area (Å²) in [5.74, 6) is 0. The van der Waals surface area contributed by atoms with Crippen LogP contribution in [0.3, 0.4) is 0 Å². The second kappa shape index (κ2) is 6.88. The predicted molar refractivity (Wildman–Crippen MR) is 74.3 cm³/mol. The summed E-state index contributed by atoms with van der Waals surface area (Å²) >= 11 is 0. The molecule has 1 aromatic carbocycles. The number of ether oxygens (including phenoxy) is 1. The van der Waals surface area contributed by atoms with Gasteiger partial charge in [0.15, 0.2) is 0 Å². The van der Waals surface area contributed by atoms with Gasteiger partial charge in [-0.2, -0.15) is 0 Å². The average molecular weight is 248 g/mol. The molecule has 0 bridgehead atoms. The van der Waals surface area contributed by atoms with E-state index in [0.717, 1.165) is 38.9 Å². The third-order valence-corrected chi connectivity index (χ3v) is 3.80. The average Bonchev–Trinajstić information content (AvgIpc) is 2.35. The van der Waals surface area contributed by atoms with Gasteiger partial charge in [-0.1, -0.05) is 30.3 Å². The summed E-state index contributed by atoms with van der Waals surface area (Å²) in [5.41, 5.74) is 7.02. The molecule has 0 atom stereocenters. The Bertz CT molecular complexity index is 336. The van der Waals surface area contributed by atoms with Crippen LogP contribution in [0.25, 0.3) is 0 Å². The monoisotopic (exact) mass is 248 g/mol. The molecule has 0 amide bonds. The maximum atomic E-state index is 5.63. The van der Waals surface area contributed by atoms with Crippen LogP contribution in [-0.4, -0.2) is 37.2 Å². The van der Waals surface area contributed by atoms with Crippen molar-refractivity contribution in [3.05, 3.63) is 35.9 Å². The Morgan fingerprint density at radius 2 is 2.00 bits per heavy atom. The normalized spacial score (nSPS) is 23.1. The predicted octanol–water partition coefficient (Wildman–Crippen LogP) is 2.01. The van der Waals surface area contributed by atoms with Crippen molar-refractivity contribution in [3.63, 3.8) is 0 Å². The van der Waals surface area contributed by atoms with E-state index in [1.165, 1.54) is 5.56 Å². The van der Waals surface area contributed by atoms with Crippen molar-refractivity contribution in [3.8, 4) is 0 Å². The molecule has 2 N–H and O–H groups in total. The van der Waals surface area contributed by atoms with Gasteiger partial charge in [0.25, 0.3) is 0 Å². The van der Waals surface area contributed by atoms with Crippen LogP contribution in [0.2, 0.25) is 0 Å². The van der Waals surface area contributed by atoms with Gasteiger partial charge in [0.1, 0.15) is 0 Å². The minimum absolute atomic E-state index is 0.464. The fraction of sp³-hybridized carbons (Fsp3) is 0.600. The third kappa shape index (κ3) is 3.55. The van der Waals surface area contributed by atoms with Crippen molar-refractivity contribution in [2.24, 2.45) is 5.73 Å². The lowest BCUT2D eigenvalue weighted by molar-refractivity contribution is -0.0300. The van der Waals surface area contributed by atoms with Crippen LogP contribution in [-0.2, 0) is 11.3 Å². The van der Waals surface area contributed by atoms with E-state index in [9.17, 15) is 0 Å². The minimum atomic E-state index is 0.464. The van der Waals surface area contributed by atoms with Crippen molar-refractivity contribution in [1.82, 2.24) is 4.90 Å². The molecule has 3 heteroatoms. The summed E-state index contributed by atoms with van der Waals surface area (Å²) in [4.78, 5) is 2.55. The highest BCUT2D eigenvalue weighted by Gasteiger charge is 2.33. The van der Waals surface area contributed by atoms with E-state index in [0.29, 0.717) is 12.1 Å². The smallest absolute Gasteiger partial charge is 0.0601 e. The number of nitrogens with two attached hydrogens (primary N) is 1. The number of hydrogen-bond donors (Lipinski definition) is 1. The van der Waals surface area contributed by atoms with Gasteiger partial charge in [-0.15, -0.1) is 0 Å². The Balaban J connectivity index is 1.89. The van der Waals surface area contributed by atoms with Crippen molar-refractivity contribution < 1.29 is 4.74 Å². The molecular weight excluding hydrogens is 224 g/mol. The SMILES string of the molecule is COC1CC(N(CCCN)Cc2ccccc2)C1. The molecule has 100 valence electrons. The molecule has 0 unspecified atom stereocenters. The third-order valence-electron chi connectivity index (χ3n) is 3.80. The first-order valence-corrected chi connectivity index (χ1v) is 6.84. The van der Waals surface area contributed by atoms with Crippen molar-refractivity contribution in [1.29, 1.82) is 0 Å². The fourth-order valence-corrected chi connectivity index (χ4v) is 2.53. The molecule has 1 fully saturated rings.